The number of Topliss-reactive ketones (excluding diaryl/α,β-unsaturated/α-hetero) is 1. The van der Waals surface area contributed by atoms with E-state index >= 15 is 0 Å². The van der Waals surface area contributed by atoms with Crippen LogP contribution in [0.4, 0.5) is 0 Å². The van der Waals surface area contributed by atoms with Crippen LogP contribution in [0.3, 0.4) is 0 Å². The smallest absolute Gasteiger partial charge is 0.183 e. The Labute approximate surface area is 148 Å². The van der Waals surface area contributed by atoms with Crippen molar-refractivity contribution in [2.75, 3.05) is 26.7 Å². The van der Waals surface area contributed by atoms with Gasteiger partial charge in [0.25, 0.3) is 0 Å². The Morgan fingerprint density at radius 1 is 1.50 bits per heavy atom. The molecule has 1 aromatic carbocycles. The van der Waals surface area contributed by atoms with Crippen molar-refractivity contribution in [3.8, 4) is 11.8 Å². The molecule has 0 aliphatic carbocycles. The third-order valence-electron chi connectivity index (χ3n) is 4.52. The number of halogens is 1. The van der Waals surface area contributed by atoms with E-state index in [1.807, 2.05) is 0 Å². The number of rotatable bonds is 7. The molecule has 0 amide bonds. The Morgan fingerprint density at radius 3 is 2.83 bits per heavy atom. The minimum Gasteiger partial charge on any atom is -0.496 e. The summed E-state index contributed by atoms with van der Waals surface area (Å²) in [5, 5.41) is 9.41. The van der Waals surface area contributed by atoms with Crippen molar-refractivity contribution >= 4 is 17.4 Å². The maximum absolute atomic E-state index is 12.5. The lowest BCUT2D eigenvalue weighted by Crippen LogP contribution is -2.36. The molecular weight excluding hydrogens is 326 g/mol. The molecule has 2 rings (SSSR count). The number of likely N-dealkylation sites (tertiary alicyclic amines) is 1. The molecule has 1 aromatic rings. The van der Waals surface area contributed by atoms with E-state index in [-0.39, 0.29) is 11.7 Å². The van der Waals surface area contributed by atoms with Crippen LogP contribution in [-0.4, -0.2) is 43.5 Å². The number of piperidine rings is 1. The van der Waals surface area contributed by atoms with Crippen LogP contribution in [0.2, 0.25) is 5.02 Å². The van der Waals surface area contributed by atoms with Crippen LogP contribution in [0.1, 0.15) is 36.0 Å². The molecule has 1 saturated heterocycles. The summed E-state index contributed by atoms with van der Waals surface area (Å²) in [6.07, 6.45) is 3.34. The summed E-state index contributed by atoms with van der Waals surface area (Å²) < 4.78 is 5.22. The summed E-state index contributed by atoms with van der Waals surface area (Å²) >= 11 is 5.97. The lowest BCUT2D eigenvalue weighted by molar-refractivity contribution is 0.0950. The predicted octanol–water partition coefficient (Wildman–Crippen LogP) is 2.87. The van der Waals surface area contributed by atoms with Gasteiger partial charge >= 0.3 is 0 Å². The molecule has 130 valence electrons. The van der Waals surface area contributed by atoms with E-state index in [4.69, 9.17) is 27.3 Å². The van der Waals surface area contributed by atoms with Gasteiger partial charge in [-0.25, -0.2) is 0 Å². The van der Waals surface area contributed by atoms with Gasteiger partial charge in [0.2, 0.25) is 0 Å². The molecule has 1 heterocycles. The fraction of sp³-hybridized carbons (Fsp3) is 0.556. The number of benzene rings is 1. The van der Waals surface area contributed by atoms with Gasteiger partial charge in [-0.05, 0) is 63.5 Å². The molecule has 0 bridgehead atoms. The van der Waals surface area contributed by atoms with Crippen LogP contribution < -0.4 is 10.5 Å². The van der Waals surface area contributed by atoms with Gasteiger partial charge in [0, 0.05) is 10.9 Å². The van der Waals surface area contributed by atoms with Crippen molar-refractivity contribution in [2.45, 2.75) is 31.7 Å². The molecule has 1 aliphatic rings. The Bertz CT molecular complexity index is 607. The number of methoxy groups -OCH3 is 1. The molecule has 1 aliphatic heterocycles. The largest absolute Gasteiger partial charge is 0.496 e. The fourth-order valence-electron chi connectivity index (χ4n) is 3.02. The summed E-state index contributed by atoms with van der Waals surface area (Å²) in [4.78, 5) is 14.9. The van der Waals surface area contributed by atoms with E-state index in [0.29, 0.717) is 22.8 Å². The number of nitrogens with two attached hydrogens (primary N) is 1. The van der Waals surface area contributed by atoms with Gasteiger partial charge < -0.3 is 15.4 Å². The molecule has 5 nitrogen and oxygen atoms in total. The quantitative estimate of drug-likeness (QED) is 0.766. The van der Waals surface area contributed by atoms with Gasteiger partial charge in [0.1, 0.15) is 5.75 Å². The number of ether oxygens (including phenoxy) is 1. The van der Waals surface area contributed by atoms with Crippen LogP contribution in [0, 0.1) is 17.2 Å². The number of carbonyl (C=O) groups excluding carboxylic acids is 1. The monoisotopic (exact) mass is 349 g/mol. The zero-order valence-electron chi connectivity index (χ0n) is 14.0. The van der Waals surface area contributed by atoms with Crippen LogP contribution in [0.15, 0.2) is 18.2 Å². The summed E-state index contributed by atoms with van der Waals surface area (Å²) in [6, 6.07) is 6.75. The minimum atomic E-state index is -0.561. The van der Waals surface area contributed by atoms with Crippen molar-refractivity contribution in [3.05, 3.63) is 28.8 Å². The van der Waals surface area contributed by atoms with Crippen molar-refractivity contribution in [1.29, 1.82) is 5.26 Å². The first-order valence-corrected chi connectivity index (χ1v) is 8.68. The van der Waals surface area contributed by atoms with Crippen molar-refractivity contribution in [3.63, 3.8) is 0 Å². The average Bonchev–Trinajstić information content (AvgIpc) is 2.61. The number of hydrogen-bond acceptors (Lipinski definition) is 5. The second-order valence-electron chi connectivity index (χ2n) is 6.20. The summed E-state index contributed by atoms with van der Waals surface area (Å²) in [7, 11) is 1.52. The Morgan fingerprint density at radius 2 is 2.21 bits per heavy atom. The van der Waals surface area contributed by atoms with Crippen LogP contribution in [0.25, 0.3) is 0 Å². The van der Waals surface area contributed by atoms with E-state index in [9.17, 15) is 4.79 Å². The maximum atomic E-state index is 12.5. The highest BCUT2D eigenvalue weighted by Crippen LogP contribution is 2.24. The molecule has 0 radical (unpaired) electrons. The molecule has 0 saturated carbocycles. The van der Waals surface area contributed by atoms with Crippen molar-refractivity contribution < 1.29 is 9.53 Å². The first-order chi connectivity index (χ1) is 11.5. The molecule has 6 heteroatoms. The number of nitriles is 1. The number of nitrogens with zero attached hydrogens (tertiary/aromatic N) is 2. The first-order valence-electron chi connectivity index (χ1n) is 8.30. The Hall–Kier alpha value is -1.61. The predicted molar refractivity (Wildman–Crippen MR) is 94.3 cm³/mol. The van der Waals surface area contributed by atoms with Crippen LogP contribution >= 0.6 is 11.6 Å². The van der Waals surface area contributed by atoms with Crippen LogP contribution in [-0.2, 0) is 0 Å². The third-order valence-corrected chi connectivity index (χ3v) is 4.76. The fourth-order valence-corrected chi connectivity index (χ4v) is 3.20. The van der Waals surface area contributed by atoms with Crippen molar-refractivity contribution in [2.24, 2.45) is 11.7 Å². The summed E-state index contributed by atoms with van der Waals surface area (Å²) in [6.45, 7) is 2.80. The van der Waals surface area contributed by atoms with Gasteiger partial charge in [0.05, 0.1) is 24.8 Å². The average molecular weight is 350 g/mol. The molecule has 1 unspecified atom stereocenters. The van der Waals surface area contributed by atoms with Gasteiger partial charge in [-0.2, -0.15) is 5.26 Å². The molecule has 24 heavy (non-hydrogen) atoms. The molecule has 0 spiro atoms. The Balaban J connectivity index is 1.82. The van der Waals surface area contributed by atoms with Gasteiger partial charge in [-0.15, -0.1) is 0 Å². The highest BCUT2D eigenvalue weighted by Gasteiger charge is 2.21. The van der Waals surface area contributed by atoms with Crippen molar-refractivity contribution in [1.82, 2.24) is 4.90 Å². The summed E-state index contributed by atoms with van der Waals surface area (Å²) in [5.74, 6) is 0.552. The number of ketones is 1. The minimum absolute atomic E-state index is 0.141. The number of carbonyl (C=O) groups is 1. The second-order valence-corrected chi connectivity index (χ2v) is 6.64. The first kappa shape index (κ1) is 18.7. The molecule has 2 N–H and O–H groups in total. The zero-order chi connectivity index (χ0) is 17.5. The second kappa shape index (κ2) is 9.03. The highest BCUT2D eigenvalue weighted by atomic mass is 35.5. The van der Waals surface area contributed by atoms with Gasteiger partial charge in [-0.3, -0.25) is 4.79 Å². The van der Waals surface area contributed by atoms with E-state index in [1.165, 1.54) is 7.11 Å². The zero-order valence-corrected chi connectivity index (χ0v) is 14.8. The Kier molecular flexibility index (Phi) is 7.04. The number of hydrogen-bond donors (Lipinski definition) is 1. The molecule has 0 aromatic heterocycles. The normalized spacial score (nSPS) is 17.2. The lowest BCUT2D eigenvalue weighted by atomic mass is 9.97. The topological polar surface area (TPSA) is 79.3 Å². The molecule has 1 fully saturated rings. The van der Waals surface area contributed by atoms with Crippen LogP contribution in [0.5, 0.6) is 5.75 Å². The van der Waals surface area contributed by atoms with E-state index in [0.717, 1.165) is 38.9 Å². The van der Waals surface area contributed by atoms with Gasteiger partial charge in [-0.1, -0.05) is 11.6 Å². The molecular formula is C18H24ClN3O2. The molecule has 1 atom stereocenters. The van der Waals surface area contributed by atoms with E-state index in [2.05, 4.69) is 11.0 Å². The SMILES string of the molecule is COc1ccc(Cl)cc1C(=O)C(N)CCCN1CCC(C#N)CC1. The lowest BCUT2D eigenvalue weighted by Gasteiger charge is -2.29. The standard InChI is InChI=1S/C18H24ClN3O2/c1-24-17-5-4-14(19)11-15(17)18(23)16(21)3-2-8-22-9-6-13(12-20)7-10-22/h4-5,11,13,16H,2-3,6-10,21H2,1H3. The van der Waals surface area contributed by atoms with E-state index in [1.54, 1.807) is 18.2 Å². The summed E-state index contributed by atoms with van der Waals surface area (Å²) in [5.41, 5.74) is 6.51. The maximum Gasteiger partial charge on any atom is 0.183 e. The highest BCUT2D eigenvalue weighted by molar-refractivity contribution is 6.31. The van der Waals surface area contributed by atoms with E-state index < -0.39 is 6.04 Å². The van der Waals surface area contributed by atoms with Gasteiger partial charge in [0.15, 0.2) is 5.78 Å². The third kappa shape index (κ3) is 4.94.